The minimum Gasteiger partial charge on any atom is -0.392 e. The topological polar surface area (TPSA) is 43.8 Å². The molecule has 0 spiro atoms. The van der Waals surface area contributed by atoms with Gasteiger partial charge in [0.25, 0.3) is 0 Å². The molecule has 2 unspecified atom stereocenters. The lowest BCUT2D eigenvalue weighted by Crippen LogP contribution is -2.44. The standard InChI is InChI=1S/C17H28N2O2/c1-13(2)19(11-14(3)20)12-17(21)18(5)15(4)16-9-7-6-8-10-16/h6-10,13-15,20H,11-12H2,1-5H3. The zero-order valence-corrected chi connectivity index (χ0v) is 13.8. The third kappa shape index (κ3) is 5.48. The molecule has 0 bridgehead atoms. The van der Waals surface area contributed by atoms with Crippen LogP contribution in [0.4, 0.5) is 0 Å². The molecule has 0 aliphatic heterocycles. The first kappa shape index (κ1) is 17.7. The van der Waals surface area contributed by atoms with Crippen molar-refractivity contribution in [3.63, 3.8) is 0 Å². The van der Waals surface area contributed by atoms with Gasteiger partial charge in [-0.3, -0.25) is 9.69 Å². The van der Waals surface area contributed by atoms with Crippen LogP contribution in [0.2, 0.25) is 0 Å². The SMILES string of the molecule is CC(O)CN(CC(=O)N(C)C(C)c1ccccc1)C(C)C. The summed E-state index contributed by atoms with van der Waals surface area (Å²) in [4.78, 5) is 16.2. The minimum atomic E-state index is -0.433. The van der Waals surface area contributed by atoms with E-state index in [0.29, 0.717) is 13.1 Å². The maximum absolute atomic E-state index is 12.5. The Kier molecular flexibility index (Phi) is 6.85. The van der Waals surface area contributed by atoms with E-state index in [1.54, 1.807) is 11.8 Å². The molecule has 1 aromatic rings. The smallest absolute Gasteiger partial charge is 0.237 e. The second kappa shape index (κ2) is 8.15. The quantitative estimate of drug-likeness (QED) is 0.838. The maximum Gasteiger partial charge on any atom is 0.237 e. The molecule has 1 N–H and O–H groups in total. The predicted octanol–water partition coefficient (Wildman–Crippen LogP) is 2.30. The lowest BCUT2D eigenvalue weighted by molar-refractivity contribution is -0.133. The zero-order valence-electron chi connectivity index (χ0n) is 13.8. The van der Waals surface area contributed by atoms with Crippen molar-refractivity contribution in [2.45, 2.75) is 45.9 Å². The number of aliphatic hydroxyl groups is 1. The Morgan fingerprint density at radius 2 is 1.71 bits per heavy atom. The second-order valence-electron chi connectivity index (χ2n) is 5.96. The molecule has 4 heteroatoms. The molecule has 21 heavy (non-hydrogen) atoms. The number of carbonyl (C=O) groups is 1. The number of benzene rings is 1. The monoisotopic (exact) mass is 292 g/mol. The van der Waals surface area contributed by atoms with Gasteiger partial charge in [0, 0.05) is 19.6 Å². The van der Waals surface area contributed by atoms with Gasteiger partial charge in [-0.25, -0.2) is 0 Å². The Labute approximate surface area is 128 Å². The molecular formula is C17H28N2O2. The van der Waals surface area contributed by atoms with E-state index >= 15 is 0 Å². The van der Waals surface area contributed by atoms with E-state index in [9.17, 15) is 9.90 Å². The highest BCUT2D eigenvalue weighted by atomic mass is 16.3. The molecule has 0 fully saturated rings. The summed E-state index contributed by atoms with van der Waals surface area (Å²) >= 11 is 0. The van der Waals surface area contributed by atoms with Crippen LogP contribution in [0.5, 0.6) is 0 Å². The average Bonchev–Trinajstić information content (AvgIpc) is 2.45. The van der Waals surface area contributed by atoms with E-state index in [4.69, 9.17) is 0 Å². The number of carbonyl (C=O) groups excluding carboxylic acids is 1. The molecule has 0 aliphatic carbocycles. The van der Waals surface area contributed by atoms with Crippen molar-refractivity contribution in [1.29, 1.82) is 0 Å². The largest absolute Gasteiger partial charge is 0.392 e. The minimum absolute atomic E-state index is 0.0410. The molecule has 2 atom stereocenters. The van der Waals surface area contributed by atoms with Gasteiger partial charge in [0.1, 0.15) is 0 Å². The molecule has 1 aromatic carbocycles. The third-order valence-electron chi connectivity index (χ3n) is 3.82. The van der Waals surface area contributed by atoms with Crippen LogP contribution in [0, 0.1) is 0 Å². The summed E-state index contributed by atoms with van der Waals surface area (Å²) in [5.41, 5.74) is 1.12. The first-order valence-electron chi connectivity index (χ1n) is 7.55. The van der Waals surface area contributed by atoms with Crippen LogP contribution < -0.4 is 0 Å². The molecule has 4 nitrogen and oxygen atoms in total. The summed E-state index contributed by atoms with van der Waals surface area (Å²) in [6.07, 6.45) is -0.433. The fourth-order valence-corrected chi connectivity index (χ4v) is 2.25. The van der Waals surface area contributed by atoms with Gasteiger partial charge in [0.2, 0.25) is 5.91 Å². The van der Waals surface area contributed by atoms with Crippen LogP contribution in [-0.2, 0) is 4.79 Å². The number of aliphatic hydroxyl groups excluding tert-OH is 1. The average molecular weight is 292 g/mol. The van der Waals surface area contributed by atoms with E-state index in [1.807, 2.05) is 63.1 Å². The Hall–Kier alpha value is -1.39. The first-order chi connectivity index (χ1) is 9.82. The summed E-state index contributed by atoms with van der Waals surface area (Å²) in [5, 5.41) is 9.54. The van der Waals surface area contributed by atoms with Gasteiger partial charge < -0.3 is 10.0 Å². The molecule has 0 saturated heterocycles. The molecule has 0 aliphatic rings. The Bertz CT molecular complexity index is 432. The van der Waals surface area contributed by atoms with Crippen molar-refractivity contribution >= 4 is 5.91 Å². The Morgan fingerprint density at radius 1 is 1.14 bits per heavy atom. The van der Waals surface area contributed by atoms with Crippen molar-refractivity contribution in [2.75, 3.05) is 20.1 Å². The molecule has 0 saturated carbocycles. The molecule has 1 amide bonds. The first-order valence-corrected chi connectivity index (χ1v) is 7.55. The highest BCUT2D eigenvalue weighted by molar-refractivity contribution is 5.78. The van der Waals surface area contributed by atoms with E-state index in [2.05, 4.69) is 0 Å². The zero-order chi connectivity index (χ0) is 16.0. The van der Waals surface area contributed by atoms with Gasteiger partial charge in [0.05, 0.1) is 18.7 Å². The highest BCUT2D eigenvalue weighted by Crippen LogP contribution is 2.18. The molecule has 1 rings (SSSR count). The van der Waals surface area contributed by atoms with Crippen molar-refractivity contribution in [3.8, 4) is 0 Å². The molecule has 118 valence electrons. The van der Waals surface area contributed by atoms with Gasteiger partial charge >= 0.3 is 0 Å². The number of nitrogens with zero attached hydrogens (tertiary/aromatic N) is 2. The maximum atomic E-state index is 12.5. The summed E-state index contributed by atoms with van der Waals surface area (Å²) in [7, 11) is 1.83. The van der Waals surface area contributed by atoms with Crippen molar-refractivity contribution < 1.29 is 9.90 Å². The molecule has 0 radical (unpaired) electrons. The highest BCUT2D eigenvalue weighted by Gasteiger charge is 2.21. The number of hydrogen-bond donors (Lipinski definition) is 1. The van der Waals surface area contributed by atoms with Crippen molar-refractivity contribution in [2.24, 2.45) is 0 Å². The normalized spacial score (nSPS) is 14.3. The van der Waals surface area contributed by atoms with Crippen LogP contribution in [0.15, 0.2) is 30.3 Å². The third-order valence-corrected chi connectivity index (χ3v) is 3.82. The van der Waals surface area contributed by atoms with E-state index < -0.39 is 6.10 Å². The van der Waals surface area contributed by atoms with Crippen LogP contribution in [0.1, 0.15) is 39.3 Å². The Balaban J connectivity index is 2.68. The van der Waals surface area contributed by atoms with Crippen LogP contribution in [0.25, 0.3) is 0 Å². The number of amides is 1. The van der Waals surface area contributed by atoms with Gasteiger partial charge in [-0.1, -0.05) is 30.3 Å². The lowest BCUT2D eigenvalue weighted by atomic mass is 10.1. The second-order valence-corrected chi connectivity index (χ2v) is 5.96. The van der Waals surface area contributed by atoms with E-state index in [1.165, 1.54) is 0 Å². The Morgan fingerprint density at radius 3 is 2.19 bits per heavy atom. The van der Waals surface area contributed by atoms with Crippen LogP contribution in [-0.4, -0.2) is 53.1 Å². The fourth-order valence-electron chi connectivity index (χ4n) is 2.25. The summed E-state index contributed by atoms with van der Waals surface area (Å²) < 4.78 is 0. The van der Waals surface area contributed by atoms with Crippen molar-refractivity contribution in [1.82, 2.24) is 9.80 Å². The lowest BCUT2D eigenvalue weighted by Gasteiger charge is -2.31. The van der Waals surface area contributed by atoms with E-state index in [0.717, 1.165) is 5.56 Å². The van der Waals surface area contributed by atoms with Gasteiger partial charge in [0.15, 0.2) is 0 Å². The summed E-state index contributed by atoms with van der Waals surface area (Å²) in [5.74, 6) is 0.0701. The molecular weight excluding hydrogens is 264 g/mol. The van der Waals surface area contributed by atoms with Gasteiger partial charge in [-0.05, 0) is 33.3 Å². The predicted molar refractivity (Wildman–Crippen MR) is 86.0 cm³/mol. The summed E-state index contributed by atoms with van der Waals surface area (Å²) in [6.45, 7) is 8.69. The van der Waals surface area contributed by atoms with Gasteiger partial charge in [-0.15, -0.1) is 0 Å². The van der Waals surface area contributed by atoms with E-state index in [-0.39, 0.29) is 18.0 Å². The number of hydrogen-bond acceptors (Lipinski definition) is 3. The van der Waals surface area contributed by atoms with Crippen LogP contribution in [0.3, 0.4) is 0 Å². The molecule has 0 heterocycles. The fraction of sp³-hybridized carbons (Fsp3) is 0.588. The number of rotatable bonds is 7. The van der Waals surface area contributed by atoms with Gasteiger partial charge in [-0.2, -0.15) is 0 Å². The summed E-state index contributed by atoms with van der Waals surface area (Å²) in [6, 6.07) is 10.3. The number of likely N-dealkylation sites (N-methyl/N-ethyl adjacent to an activating group) is 1. The van der Waals surface area contributed by atoms with Crippen LogP contribution >= 0.6 is 0 Å². The van der Waals surface area contributed by atoms with Crippen molar-refractivity contribution in [3.05, 3.63) is 35.9 Å². The molecule has 0 aromatic heterocycles.